The van der Waals surface area contributed by atoms with Crippen molar-refractivity contribution >= 4 is 17.3 Å². The summed E-state index contributed by atoms with van der Waals surface area (Å²) in [6.45, 7) is 0.651. The third-order valence-electron chi connectivity index (χ3n) is 2.19. The Hall–Kier alpha value is -2.25. The molecule has 19 heavy (non-hydrogen) atoms. The van der Waals surface area contributed by atoms with Crippen molar-refractivity contribution in [2.45, 2.75) is 6.92 Å². The Balaban J connectivity index is 3.22. The summed E-state index contributed by atoms with van der Waals surface area (Å²) in [7, 11) is 0. The van der Waals surface area contributed by atoms with E-state index in [0.717, 1.165) is 6.07 Å². The lowest BCUT2D eigenvalue weighted by atomic mass is 10.1. The fraction of sp³-hybridized carbons (Fsp3) is 0.364. The first kappa shape index (κ1) is 14.8. The van der Waals surface area contributed by atoms with E-state index < -0.39 is 29.1 Å². The molecule has 1 N–H and O–H groups in total. The molecule has 0 aliphatic rings. The van der Waals surface area contributed by atoms with Gasteiger partial charge in [-0.05, 0) is 13.0 Å². The van der Waals surface area contributed by atoms with Gasteiger partial charge in [0.25, 0.3) is 5.69 Å². The molecule has 0 saturated heterocycles. The van der Waals surface area contributed by atoms with Crippen LogP contribution in [-0.4, -0.2) is 30.7 Å². The fourth-order valence-electron chi connectivity index (χ4n) is 1.40. The van der Waals surface area contributed by atoms with E-state index in [2.05, 4.69) is 10.1 Å². The van der Waals surface area contributed by atoms with Gasteiger partial charge < -0.3 is 10.1 Å². The molecular formula is C11H12F2N2O4. The molecule has 0 unspecified atom stereocenters. The zero-order valence-electron chi connectivity index (χ0n) is 10.1. The maximum Gasteiger partial charge on any atom is 0.345 e. The number of nitro benzene ring substituents is 1. The van der Waals surface area contributed by atoms with Crippen molar-refractivity contribution in [2.24, 2.45) is 0 Å². The van der Waals surface area contributed by atoms with Crippen LogP contribution in [0, 0.1) is 15.9 Å². The Morgan fingerprint density at radius 2 is 2.21 bits per heavy atom. The number of nitrogens with zero attached hydrogens (tertiary/aromatic N) is 1. The minimum atomic E-state index is -0.937. The number of esters is 1. The van der Waals surface area contributed by atoms with Gasteiger partial charge in [-0.15, -0.1) is 0 Å². The summed E-state index contributed by atoms with van der Waals surface area (Å²) in [5.41, 5.74) is -1.26. The summed E-state index contributed by atoms with van der Waals surface area (Å²) in [6.07, 6.45) is 0. The fourth-order valence-corrected chi connectivity index (χ4v) is 1.40. The molecule has 0 radical (unpaired) electrons. The van der Waals surface area contributed by atoms with Gasteiger partial charge in [0, 0.05) is 6.54 Å². The molecular weight excluding hydrogens is 262 g/mol. The van der Waals surface area contributed by atoms with Gasteiger partial charge in [0.2, 0.25) is 0 Å². The molecule has 0 bridgehead atoms. The molecule has 0 heterocycles. The van der Waals surface area contributed by atoms with Crippen molar-refractivity contribution in [1.29, 1.82) is 0 Å². The maximum absolute atomic E-state index is 13.5. The van der Waals surface area contributed by atoms with Crippen LogP contribution in [-0.2, 0) is 4.74 Å². The van der Waals surface area contributed by atoms with Gasteiger partial charge in [0.05, 0.1) is 23.3 Å². The Bertz CT molecular complexity index is 494. The lowest BCUT2D eigenvalue weighted by Gasteiger charge is -2.08. The molecule has 1 aromatic rings. The van der Waals surface area contributed by atoms with Crippen LogP contribution in [0.15, 0.2) is 12.1 Å². The third kappa shape index (κ3) is 3.60. The molecule has 8 heteroatoms. The lowest BCUT2D eigenvalue weighted by molar-refractivity contribution is -0.385. The second-order valence-corrected chi connectivity index (χ2v) is 3.44. The molecule has 0 saturated carbocycles. The summed E-state index contributed by atoms with van der Waals surface area (Å²) in [5, 5.41) is 13.1. The van der Waals surface area contributed by atoms with Gasteiger partial charge in [-0.25, -0.2) is 13.6 Å². The number of carbonyl (C=O) groups is 1. The van der Waals surface area contributed by atoms with E-state index in [1.165, 1.54) is 6.92 Å². The number of nitrogens with one attached hydrogen (secondary N) is 1. The second-order valence-electron chi connectivity index (χ2n) is 3.44. The lowest BCUT2D eigenvalue weighted by Crippen LogP contribution is -2.11. The smallest absolute Gasteiger partial charge is 0.345 e. The zero-order valence-corrected chi connectivity index (χ0v) is 10.1. The summed E-state index contributed by atoms with van der Waals surface area (Å²) in [5.74, 6) is -1.87. The first-order valence-electron chi connectivity index (χ1n) is 5.46. The summed E-state index contributed by atoms with van der Waals surface area (Å²) >= 11 is 0. The molecule has 0 aromatic heterocycles. The van der Waals surface area contributed by atoms with E-state index in [0.29, 0.717) is 6.07 Å². The SMILES string of the molecule is CCOC(=O)c1cc(NCCF)c(F)cc1[N+](=O)[O-]. The predicted octanol–water partition coefficient (Wildman–Crippen LogP) is 2.29. The first-order chi connectivity index (χ1) is 9.01. The van der Waals surface area contributed by atoms with Crippen LogP contribution in [0.3, 0.4) is 0 Å². The molecule has 0 atom stereocenters. The van der Waals surface area contributed by atoms with Crippen molar-refractivity contribution in [3.8, 4) is 0 Å². The van der Waals surface area contributed by atoms with Crippen LogP contribution in [0.1, 0.15) is 17.3 Å². The van der Waals surface area contributed by atoms with Gasteiger partial charge >= 0.3 is 5.97 Å². The summed E-state index contributed by atoms with van der Waals surface area (Å²) < 4.78 is 30.2. The zero-order chi connectivity index (χ0) is 14.4. The highest BCUT2D eigenvalue weighted by molar-refractivity contribution is 5.95. The Morgan fingerprint density at radius 3 is 2.74 bits per heavy atom. The number of anilines is 1. The Kier molecular flexibility index (Phi) is 5.16. The number of halogens is 2. The van der Waals surface area contributed by atoms with Crippen LogP contribution in [0.2, 0.25) is 0 Å². The van der Waals surface area contributed by atoms with Gasteiger partial charge in [-0.3, -0.25) is 10.1 Å². The Labute approximate surface area is 107 Å². The Morgan fingerprint density at radius 1 is 1.53 bits per heavy atom. The van der Waals surface area contributed by atoms with E-state index in [9.17, 15) is 23.7 Å². The minimum Gasteiger partial charge on any atom is -0.462 e. The third-order valence-corrected chi connectivity index (χ3v) is 2.19. The molecule has 1 rings (SSSR count). The number of hydrogen-bond acceptors (Lipinski definition) is 5. The number of nitro groups is 1. The molecule has 0 amide bonds. The molecule has 0 aliphatic heterocycles. The van der Waals surface area contributed by atoms with E-state index in [1.807, 2.05) is 0 Å². The van der Waals surface area contributed by atoms with Crippen molar-refractivity contribution in [3.63, 3.8) is 0 Å². The number of carbonyl (C=O) groups excluding carboxylic acids is 1. The summed E-state index contributed by atoms with van der Waals surface area (Å²) in [6, 6.07) is 1.55. The molecule has 0 spiro atoms. The average Bonchev–Trinajstić information content (AvgIpc) is 2.37. The van der Waals surface area contributed by atoms with Crippen LogP contribution in [0.4, 0.5) is 20.2 Å². The molecule has 104 valence electrons. The number of ether oxygens (including phenoxy) is 1. The van der Waals surface area contributed by atoms with Crippen molar-refractivity contribution in [1.82, 2.24) is 0 Å². The number of hydrogen-bond donors (Lipinski definition) is 1. The maximum atomic E-state index is 13.5. The topological polar surface area (TPSA) is 81.5 Å². The van der Waals surface area contributed by atoms with E-state index in [-0.39, 0.29) is 24.4 Å². The van der Waals surface area contributed by atoms with Gasteiger partial charge in [0.1, 0.15) is 12.2 Å². The van der Waals surface area contributed by atoms with Crippen molar-refractivity contribution in [3.05, 3.63) is 33.6 Å². The number of alkyl halides is 1. The molecule has 6 nitrogen and oxygen atoms in total. The van der Waals surface area contributed by atoms with Gasteiger partial charge in [-0.2, -0.15) is 0 Å². The largest absolute Gasteiger partial charge is 0.462 e. The highest BCUT2D eigenvalue weighted by Crippen LogP contribution is 2.26. The van der Waals surface area contributed by atoms with Gasteiger partial charge in [0.15, 0.2) is 5.82 Å². The van der Waals surface area contributed by atoms with E-state index in [1.54, 1.807) is 0 Å². The summed E-state index contributed by atoms with van der Waals surface area (Å²) in [4.78, 5) is 21.4. The number of benzene rings is 1. The quantitative estimate of drug-likeness (QED) is 0.489. The standard InChI is InChI=1S/C11H12F2N2O4/c1-2-19-11(16)7-5-9(14-4-3-12)8(13)6-10(7)15(17)18/h5-6,14H,2-4H2,1H3. The normalized spacial score (nSPS) is 10.1. The molecule has 1 aromatic carbocycles. The monoisotopic (exact) mass is 274 g/mol. The number of rotatable bonds is 6. The average molecular weight is 274 g/mol. The van der Waals surface area contributed by atoms with Crippen LogP contribution >= 0.6 is 0 Å². The predicted molar refractivity (Wildman–Crippen MR) is 63.5 cm³/mol. The van der Waals surface area contributed by atoms with Crippen LogP contribution in [0.5, 0.6) is 0 Å². The van der Waals surface area contributed by atoms with E-state index >= 15 is 0 Å². The van der Waals surface area contributed by atoms with Gasteiger partial charge in [-0.1, -0.05) is 0 Å². The highest BCUT2D eigenvalue weighted by Gasteiger charge is 2.24. The molecule has 0 aliphatic carbocycles. The van der Waals surface area contributed by atoms with Crippen molar-refractivity contribution in [2.75, 3.05) is 25.1 Å². The minimum absolute atomic E-state index is 0.0284. The van der Waals surface area contributed by atoms with Crippen LogP contribution in [0.25, 0.3) is 0 Å². The second kappa shape index (κ2) is 6.62. The molecule has 0 fully saturated rings. The highest BCUT2D eigenvalue weighted by atomic mass is 19.1. The van der Waals surface area contributed by atoms with Crippen molar-refractivity contribution < 1.29 is 23.2 Å². The first-order valence-corrected chi connectivity index (χ1v) is 5.46. The van der Waals surface area contributed by atoms with E-state index in [4.69, 9.17) is 0 Å². The van der Waals surface area contributed by atoms with Crippen LogP contribution < -0.4 is 5.32 Å².